The summed E-state index contributed by atoms with van der Waals surface area (Å²) in [4.78, 5) is 0. The summed E-state index contributed by atoms with van der Waals surface area (Å²) in [5.74, 6) is 0. The summed E-state index contributed by atoms with van der Waals surface area (Å²) < 4.78 is 2.35. The molecule has 0 aliphatic rings. The zero-order valence-electron chi connectivity index (χ0n) is 13.3. The lowest BCUT2D eigenvalue weighted by atomic mass is 9.96. The predicted molar refractivity (Wildman–Crippen MR) is 102 cm³/mol. The first-order valence-electron chi connectivity index (χ1n) is 8.33. The summed E-state index contributed by atoms with van der Waals surface area (Å²) in [5.41, 5.74) is 2.68. The van der Waals surface area contributed by atoms with Gasteiger partial charge in [-0.1, -0.05) is 66.7 Å². The van der Waals surface area contributed by atoms with Crippen molar-refractivity contribution in [2.75, 3.05) is 0 Å². The first-order valence-corrected chi connectivity index (χ1v) is 8.33. The van der Waals surface area contributed by atoms with E-state index in [2.05, 4.69) is 95.7 Å². The zero-order valence-corrected chi connectivity index (χ0v) is 13.3. The highest BCUT2D eigenvalue weighted by molar-refractivity contribution is 6.02. The van der Waals surface area contributed by atoms with Crippen molar-refractivity contribution in [3.8, 4) is 0 Å². The zero-order chi connectivity index (χ0) is 15.9. The van der Waals surface area contributed by atoms with E-state index in [1.807, 2.05) is 0 Å². The molecule has 0 N–H and O–H groups in total. The van der Waals surface area contributed by atoms with Gasteiger partial charge >= 0.3 is 0 Å². The van der Waals surface area contributed by atoms with Crippen LogP contribution in [0.3, 0.4) is 0 Å². The summed E-state index contributed by atoms with van der Waals surface area (Å²) >= 11 is 0. The topological polar surface area (TPSA) is 4.93 Å². The standard InChI is InChI=1S/C23H17N/c1-4-10-20-18(8-1)15-19-9-2-5-11-21(19)22(20)16-24-14-13-17-7-3-6-12-23(17)24/h1-15H,16H2. The second kappa shape index (κ2) is 5.24. The SMILES string of the molecule is c1ccc2c(Cn3ccc4ccccc43)c3ccccc3cc2c1. The van der Waals surface area contributed by atoms with Gasteiger partial charge in [-0.25, -0.2) is 0 Å². The van der Waals surface area contributed by atoms with Crippen LogP contribution < -0.4 is 0 Å². The molecule has 0 unspecified atom stereocenters. The van der Waals surface area contributed by atoms with Gasteiger partial charge < -0.3 is 4.57 Å². The van der Waals surface area contributed by atoms with Gasteiger partial charge in [-0.3, -0.25) is 0 Å². The van der Waals surface area contributed by atoms with Crippen molar-refractivity contribution in [2.24, 2.45) is 0 Å². The van der Waals surface area contributed by atoms with Gasteiger partial charge in [0, 0.05) is 18.3 Å². The van der Waals surface area contributed by atoms with Crippen LogP contribution in [0.15, 0.2) is 91.1 Å². The van der Waals surface area contributed by atoms with E-state index in [1.165, 1.54) is 38.0 Å². The van der Waals surface area contributed by atoms with Crippen LogP contribution >= 0.6 is 0 Å². The van der Waals surface area contributed by atoms with Gasteiger partial charge in [-0.15, -0.1) is 0 Å². The molecular formula is C23H17N. The molecule has 0 amide bonds. The molecule has 0 aliphatic heterocycles. The summed E-state index contributed by atoms with van der Waals surface area (Å²) in [6.07, 6.45) is 2.20. The maximum atomic E-state index is 2.35. The smallest absolute Gasteiger partial charge is 0.0488 e. The van der Waals surface area contributed by atoms with Crippen LogP contribution in [0.5, 0.6) is 0 Å². The fourth-order valence-corrected chi connectivity index (χ4v) is 3.73. The number of hydrogen-bond acceptors (Lipinski definition) is 0. The Morgan fingerprint density at radius 3 is 1.88 bits per heavy atom. The van der Waals surface area contributed by atoms with Gasteiger partial charge in [0.25, 0.3) is 0 Å². The monoisotopic (exact) mass is 307 g/mol. The minimum Gasteiger partial charge on any atom is -0.343 e. The minimum absolute atomic E-state index is 0.884. The fourth-order valence-electron chi connectivity index (χ4n) is 3.73. The Kier molecular flexibility index (Phi) is 2.92. The average Bonchev–Trinajstić information content (AvgIpc) is 3.05. The highest BCUT2D eigenvalue weighted by Crippen LogP contribution is 2.30. The van der Waals surface area contributed by atoms with Crippen molar-refractivity contribution in [3.05, 3.63) is 96.7 Å². The van der Waals surface area contributed by atoms with Gasteiger partial charge in [0.2, 0.25) is 0 Å². The Bertz CT molecular complexity index is 1130. The van der Waals surface area contributed by atoms with Crippen molar-refractivity contribution >= 4 is 32.4 Å². The van der Waals surface area contributed by atoms with E-state index >= 15 is 0 Å². The van der Waals surface area contributed by atoms with Gasteiger partial charge in [-0.2, -0.15) is 0 Å². The molecule has 5 aromatic rings. The second-order valence-corrected chi connectivity index (χ2v) is 6.30. The molecule has 0 spiro atoms. The molecule has 0 bridgehead atoms. The molecule has 0 radical (unpaired) electrons. The van der Waals surface area contributed by atoms with Crippen molar-refractivity contribution in [2.45, 2.75) is 6.54 Å². The van der Waals surface area contributed by atoms with Crippen LogP contribution in [0.2, 0.25) is 0 Å². The number of rotatable bonds is 2. The molecule has 0 aliphatic carbocycles. The molecule has 0 saturated carbocycles. The largest absolute Gasteiger partial charge is 0.343 e. The molecule has 1 heteroatoms. The molecular weight excluding hydrogens is 290 g/mol. The van der Waals surface area contributed by atoms with Crippen molar-refractivity contribution < 1.29 is 0 Å². The van der Waals surface area contributed by atoms with Crippen LogP contribution in [-0.4, -0.2) is 4.57 Å². The Labute approximate surface area is 140 Å². The highest BCUT2D eigenvalue weighted by atomic mass is 14.9. The average molecular weight is 307 g/mol. The third-order valence-corrected chi connectivity index (χ3v) is 4.89. The molecule has 1 aromatic heterocycles. The molecule has 5 rings (SSSR count). The lowest BCUT2D eigenvalue weighted by molar-refractivity contribution is 0.849. The Balaban J connectivity index is 1.80. The van der Waals surface area contributed by atoms with E-state index in [0.717, 1.165) is 6.54 Å². The van der Waals surface area contributed by atoms with Gasteiger partial charge in [0.05, 0.1) is 0 Å². The Hall–Kier alpha value is -3.06. The summed E-state index contributed by atoms with van der Waals surface area (Å²) in [6.45, 7) is 0.884. The maximum Gasteiger partial charge on any atom is 0.0488 e. The third kappa shape index (κ3) is 2.02. The van der Waals surface area contributed by atoms with E-state index < -0.39 is 0 Å². The lowest BCUT2D eigenvalue weighted by Crippen LogP contribution is -2.00. The molecule has 1 heterocycles. The quantitative estimate of drug-likeness (QED) is 0.353. The van der Waals surface area contributed by atoms with Crippen molar-refractivity contribution in [1.29, 1.82) is 0 Å². The van der Waals surface area contributed by atoms with E-state index in [1.54, 1.807) is 0 Å². The van der Waals surface area contributed by atoms with Crippen LogP contribution in [0.4, 0.5) is 0 Å². The normalized spacial score (nSPS) is 11.5. The van der Waals surface area contributed by atoms with Gasteiger partial charge in [0.1, 0.15) is 0 Å². The number of fused-ring (bicyclic) bond motifs is 3. The van der Waals surface area contributed by atoms with E-state index in [-0.39, 0.29) is 0 Å². The molecule has 114 valence electrons. The minimum atomic E-state index is 0.884. The molecule has 24 heavy (non-hydrogen) atoms. The molecule has 4 aromatic carbocycles. The fraction of sp³-hybridized carbons (Fsp3) is 0.0435. The molecule has 0 saturated heterocycles. The number of nitrogens with zero attached hydrogens (tertiary/aromatic N) is 1. The van der Waals surface area contributed by atoms with Gasteiger partial charge in [0.15, 0.2) is 0 Å². The third-order valence-electron chi connectivity index (χ3n) is 4.89. The van der Waals surface area contributed by atoms with Crippen LogP contribution in [-0.2, 0) is 6.54 Å². The van der Waals surface area contributed by atoms with E-state index in [4.69, 9.17) is 0 Å². The Morgan fingerprint density at radius 2 is 1.17 bits per heavy atom. The lowest BCUT2D eigenvalue weighted by Gasteiger charge is -2.13. The first-order chi connectivity index (χ1) is 11.9. The maximum absolute atomic E-state index is 2.35. The molecule has 0 atom stereocenters. The van der Waals surface area contributed by atoms with Crippen molar-refractivity contribution in [3.63, 3.8) is 0 Å². The van der Waals surface area contributed by atoms with E-state index in [0.29, 0.717) is 0 Å². The number of aromatic nitrogens is 1. The second-order valence-electron chi connectivity index (χ2n) is 6.30. The number of benzene rings is 4. The van der Waals surface area contributed by atoms with Gasteiger partial charge in [-0.05, 0) is 50.7 Å². The molecule has 0 fully saturated rings. The summed E-state index contributed by atoms with van der Waals surface area (Å²) in [7, 11) is 0. The number of para-hydroxylation sites is 1. The van der Waals surface area contributed by atoms with Crippen molar-refractivity contribution in [1.82, 2.24) is 4.57 Å². The van der Waals surface area contributed by atoms with Crippen LogP contribution in [0.1, 0.15) is 5.56 Å². The highest BCUT2D eigenvalue weighted by Gasteiger charge is 2.09. The summed E-state index contributed by atoms with van der Waals surface area (Å²) in [6, 6.07) is 30.5. The predicted octanol–water partition coefficient (Wildman–Crippen LogP) is 6.00. The van der Waals surface area contributed by atoms with Crippen LogP contribution in [0, 0.1) is 0 Å². The van der Waals surface area contributed by atoms with E-state index in [9.17, 15) is 0 Å². The first kappa shape index (κ1) is 13.4. The molecule has 1 nitrogen and oxygen atoms in total. The Morgan fingerprint density at radius 1 is 0.583 bits per heavy atom. The summed E-state index contributed by atoms with van der Waals surface area (Å²) in [5, 5.41) is 6.59. The van der Waals surface area contributed by atoms with Crippen LogP contribution in [0.25, 0.3) is 32.4 Å². The number of hydrogen-bond donors (Lipinski definition) is 0.